The molecule has 0 bridgehead atoms. The minimum absolute atomic E-state index is 0.00859. The number of benzene rings is 1. The second kappa shape index (κ2) is 6.15. The van der Waals surface area contributed by atoms with E-state index in [1.807, 2.05) is 0 Å². The van der Waals surface area contributed by atoms with Crippen LogP contribution < -0.4 is 0 Å². The maximum absolute atomic E-state index is 13.0. The number of fused-ring (bicyclic) bond motifs is 1. The van der Waals surface area contributed by atoms with Crippen molar-refractivity contribution in [1.29, 1.82) is 0 Å². The van der Waals surface area contributed by atoms with Gasteiger partial charge in [-0.1, -0.05) is 34.1 Å². The molecular formula is C18H11BrF3NO2. The van der Waals surface area contributed by atoms with Crippen molar-refractivity contribution in [3.8, 4) is 0 Å². The Morgan fingerprint density at radius 3 is 2.32 bits per heavy atom. The van der Waals surface area contributed by atoms with E-state index in [2.05, 4.69) is 15.9 Å². The summed E-state index contributed by atoms with van der Waals surface area (Å²) in [6.45, 7) is 1.36. The van der Waals surface area contributed by atoms with Crippen molar-refractivity contribution in [2.75, 3.05) is 0 Å². The van der Waals surface area contributed by atoms with Gasteiger partial charge in [0.2, 0.25) is 5.78 Å². The zero-order valence-corrected chi connectivity index (χ0v) is 14.5. The summed E-state index contributed by atoms with van der Waals surface area (Å²) < 4.78 is 40.8. The molecule has 0 aliphatic carbocycles. The van der Waals surface area contributed by atoms with Gasteiger partial charge in [-0.2, -0.15) is 13.2 Å². The van der Waals surface area contributed by atoms with E-state index in [0.29, 0.717) is 10.0 Å². The minimum Gasteiger partial charge on any atom is -0.313 e. The van der Waals surface area contributed by atoms with Crippen molar-refractivity contribution >= 4 is 33.0 Å². The molecule has 0 unspecified atom stereocenters. The van der Waals surface area contributed by atoms with Crippen LogP contribution in [0, 0.1) is 6.92 Å². The van der Waals surface area contributed by atoms with Gasteiger partial charge in [0.25, 0.3) is 5.78 Å². The van der Waals surface area contributed by atoms with Gasteiger partial charge in [0.15, 0.2) is 0 Å². The zero-order valence-electron chi connectivity index (χ0n) is 12.9. The van der Waals surface area contributed by atoms with Crippen LogP contribution in [0.2, 0.25) is 0 Å². The summed E-state index contributed by atoms with van der Waals surface area (Å²) in [4.78, 5) is 24.8. The number of hydrogen-bond acceptors (Lipinski definition) is 2. The van der Waals surface area contributed by atoms with Crippen LogP contribution in [-0.2, 0) is 0 Å². The number of rotatable bonds is 3. The van der Waals surface area contributed by atoms with E-state index in [1.165, 1.54) is 29.7 Å². The molecule has 0 saturated carbocycles. The second-order valence-corrected chi connectivity index (χ2v) is 6.29. The van der Waals surface area contributed by atoms with Crippen LogP contribution in [0.3, 0.4) is 0 Å². The molecule has 3 rings (SSSR count). The molecule has 0 aliphatic rings. The molecule has 0 fully saturated rings. The SMILES string of the molecule is Cc1c(C(=O)C(F)(F)F)c2ccccn2c1C(=O)c1ccccc1Br. The molecule has 1 aromatic carbocycles. The lowest BCUT2D eigenvalue weighted by Gasteiger charge is -2.06. The summed E-state index contributed by atoms with van der Waals surface area (Å²) in [7, 11) is 0. The van der Waals surface area contributed by atoms with Gasteiger partial charge in [0.1, 0.15) is 0 Å². The van der Waals surface area contributed by atoms with Crippen LogP contribution in [-0.4, -0.2) is 22.1 Å². The molecule has 0 radical (unpaired) electrons. The fourth-order valence-corrected chi connectivity index (χ4v) is 3.28. The van der Waals surface area contributed by atoms with Gasteiger partial charge < -0.3 is 4.40 Å². The lowest BCUT2D eigenvalue weighted by atomic mass is 10.0. The molecule has 0 atom stereocenters. The highest BCUT2D eigenvalue weighted by atomic mass is 79.9. The summed E-state index contributed by atoms with van der Waals surface area (Å²) in [6.07, 6.45) is -3.55. The van der Waals surface area contributed by atoms with Crippen LogP contribution in [0.5, 0.6) is 0 Å². The first-order valence-corrected chi connectivity index (χ1v) is 8.03. The Bertz CT molecular complexity index is 1010. The molecule has 0 saturated heterocycles. The van der Waals surface area contributed by atoms with E-state index in [4.69, 9.17) is 0 Å². The first kappa shape index (κ1) is 17.4. The Kier molecular flexibility index (Phi) is 4.28. The van der Waals surface area contributed by atoms with E-state index in [9.17, 15) is 22.8 Å². The number of carbonyl (C=O) groups excluding carboxylic acids is 2. The van der Waals surface area contributed by atoms with Crippen LogP contribution in [0.25, 0.3) is 5.52 Å². The molecule has 2 heterocycles. The van der Waals surface area contributed by atoms with Gasteiger partial charge in [-0.05, 0) is 36.8 Å². The smallest absolute Gasteiger partial charge is 0.313 e. The molecule has 7 heteroatoms. The van der Waals surface area contributed by atoms with E-state index in [0.717, 1.165) is 0 Å². The predicted molar refractivity (Wildman–Crippen MR) is 90.1 cm³/mol. The predicted octanol–water partition coefficient (Wildman–Crippen LogP) is 4.99. The van der Waals surface area contributed by atoms with Crippen molar-refractivity contribution in [3.63, 3.8) is 0 Å². The number of nitrogens with zero attached hydrogens (tertiary/aromatic N) is 1. The van der Waals surface area contributed by atoms with Crippen LogP contribution >= 0.6 is 15.9 Å². The van der Waals surface area contributed by atoms with Crippen molar-refractivity contribution in [3.05, 3.63) is 75.5 Å². The average molecular weight is 410 g/mol. The largest absolute Gasteiger partial charge is 0.454 e. The Labute approximate surface area is 149 Å². The third-order valence-corrected chi connectivity index (χ3v) is 4.60. The fourth-order valence-electron chi connectivity index (χ4n) is 2.81. The number of Topliss-reactive ketones (excluding diaryl/α,β-unsaturated/α-hetero) is 1. The number of alkyl halides is 3. The molecule has 0 N–H and O–H groups in total. The van der Waals surface area contributed by atoms with Crippen molar-refractivity contribution < 1.29 is 22.8 Å². The Morgan fingerprint density at radius 1 is 1.04 bits per heavy atom. The van der Waals surface area contributed by atoms with Gasteiger partial charge >= 0.3 is 6.18 Å². The lowest BCUT2D eigenvalue weighted by Crippen LogP contribution is -2.23. The lowest BCUT2D eigenvalue weighted by molar-refractivity contribution is -0.0884. The van der Waals surface area contributed by atoms with Crippen LogP contribution in [0.15, 0.2) is 53.1 Å². The molecule has 0 amide bonds. The Hall–Kier alpha value is -2.41. The van der Waals surface area contributed by atoms with Crippen molar-refractivity contribution in [2.24, 2.45) is 0 Å². The molecule has 128 valence electrons. The van der Waals surface area contributed by atoms with Crippen LogP contribution in [0.1, 0.15) is 32.0 Å². The first-order chi connectivity index (χ1) is 11.7. The molecule has 0 aliphatic heterocycles. The maximum atomic E-state index is 13.0. The van der Waals surface area contributed by atoms with E-state index < -0.39 is 23.3 Å². The highest BCUT2D eigenvalue weighted by Gasteiger charge is 2.42. The minimum atomic E-state index is -5.02. The quantitative estimate of drug-likeness (QED) is 0.571. The molecule has 2 aromatic heterocycles. The maximum Gasteiger partial charge on any atom is 0.454 e. The third kappa shape index (κ3) is 2.89. The van der Waals surface area contributed by atoms with Gasteiger partial charge in [-0.25, -0.2) is 0 Å². The van der Waals surface area contributed by atoms with Crippen molar-refractivity contribution in [1.82, 2.24) is 4.40 Å². The topological polar surface area (TPSA) is 38.5 Å². The Morgan fingerprint density at radius 2 is 1.68 bits per heavy atom. The molecule has 25 heavy (non-hydrogen) atoms. The first-order valence-electron chi connectivity index (χ1n) is 7.24. The summed E-state index contributed by atoms with van der Waals surface area (Å²) in [5.41, 5.74) is -0.0922. The number of halogens is 4. The van der Waals surface area contributed by atoms with Gasteiger partial charge in [-0.15, -0.1) is 0 Å². The number of carbonyl (C=O) groups is 2. The number of aromatic nitrogens is 1. The van der Waals surface area contributed by atoms with Gasteiger partial charge in [0.05, 0.1) is 16.8 Å². The molecular weight excluding hydrogens is 399 g/mol. The summed E-state index contributed by atoms with van der Waals surface area (Å²) >= 11 is 3.27. The van der Waals surface area contributed by atoms with E-state index in [1.54, 1.807) is 30.3 Å². The summed E-state index contributed by atoms with van der Waals surface area (Å²) in [6, 6.07) is 11.1. The Balaban J connectivity index is 2.31. The summed E-state index contributed by atoms with van der Waals surface area (Å²) in [5, 5.41) is 0. The number of pyridine rings is 1. The standard InChI is InChI=1S/C18H11BrF3NO2/c1-10-14(17(25)18(20,21)22)13-8-4-5-9-23(13)15(10)16(24)11-6-2-3-7-12(11)19/h2-9H,1H3. The average Bonchev–Trinajstić information content (AvgIpc) is 2.85. The normalized spacial score (nSPS) is 11.7. The molecule has 0 spiro atoms. The molecule has 3 nitrogen and oxygen atoms in total. The highest BCUT2D eigenvalue weighted by Crippen LogP contribution is 2.32. The van der Waals surface area contributed by atoms with E-state index >= 15 is 0 Å². The van der Waals surface area contributed by atoms with Gasteiger partial charge in [0, 0.05) is 16.2 Å². The zero-order chi connectivity index (χ0) is 18.4. The molecule has 3 aromatic rings. The van der Waals surface area contributed by atoms with Gasteiger partial charge in [-0.3, -0.25) is 9.59 Å². The van der Waals surface area contributed by atoms with Crippen molar-refractivity contribution in [2.45, 2.75) is 13.1 Å². The summed E-state index contributed by atoms with van der Waals surface area (Å²) in [5.74, 6) is -2.42. The fraction of sp³-hybridized carbons (Fsp3) is 0.111. The number of hydrogen-bond donors (Lipinski definition) is 0. The highest BCUT2D eigenvalue weighted by molar-refractivity contribution is 9.10. The number of ketones is 2. The second-order valence-electron chi connectivity index (χ2n) is 5.44. The monoisotopic (exact) mass is 409 g/mol. The van der Waals surface area contributed by atoms with E-state index in [-0.39, 0.29) is 16.8 Å². The third-order valence-electron chi connectivity index (χ3n) is 3.91. The van der Waals surface area contributed by atoms with Crippen LogP contribution in [0.4, 0.5) is 13.2 Å².